The summed E-state index contributed by atoms with van der Waals surface area (Å²) in [4.78, 5) is 24.0. The van der Waals surface area contributed by atoms with Crippen molar-refractivity contribution >= 4 is 22.8 Å². The number of hydrogen-bond acceptors (Lipinski definition) is 4. The molecule has 0 aliphatic carbocycles. The molecule has 0 unspecified atom stereocenters. The van der Waals surface area contributed by atoms with Crippen molar-refractivity contribution in [3.63, 3.8) is 0 Å². The van der Waals surface area contributed by atoms with Crippen LogP contribution in [0.1, 0.15) is 29.0 Å². The second-order valence-electron chi connectivity index (χ2n) is 5.39. The summed E-state index contributed by atoms with van der Waals surface area (Å²) in [6.45, 7) is 1.52. The van der Waals surface area contributed by atoms with Crippen molar-refractivity contribution in [1.29, 1.82) is 0 Å². The Kier molecular flexibility index (Phi) is 4.56. The van der Waals surface area contributed by atoms with Gasteiger partial charge in [0.2, 0.25) is 0 Å². The molecule has 0 aliphatic heterocycles. The van der Waals surface area contributed by atoms with Gasteiger partial charge in [-0.25, -0.2) is 4.79 Å². The van der Waals surface area contributed by atoms with Crippen molar-refractivity contribution in [3.05, 3.63) is 65.9 Å². The molecule has 1 atom stereocenters. The summed E-state index contributed by atoms with van der Waals surface area (Å²) in [6.07, 6.45) is 0. The Bertz CT molecular complexity index is 858. The van der Waals surface area contributed by atoms with E-state index in [1.807, 2.05) is 55.5 Å². The Labute approximate surface area is 138 Å². The molecular weight excluding hydrogens is 306 g/mol. The fraction of sp³-hybridized carbons (Fsp3) is 0.167. The van der Waals surface area contributed by atoms with Gasteiger partial charge in [-0.15, -0.1) is 0 Å². The largest absolute Gasteiger partial charge is 0.451 e. The monoisotopic (exact) mass is 323 g/mol. The summed E-state index contributed by atoms with van der Waals surface area (Å²) in [7, 11) is 0. The van der Waals surface area contributed by atoms with E-state index in [1.165, 1.54) is 0 Å². The van der Waals surface area contributed by atoms with Crippen LogP contribution >= 0.6 is 0 Å². The van der Waals surface area contributed by atoms with Gasteiger partial charge in [-0.3, -0.25) is 9.89 Å². The highest BCUT2D eigenvalue weighted by Crippen LogP contribution is 2.16. The van der Waals surface area contributed by atoms with Crippen LogP contribution in [0.3, 0.4) is 0 Å². The number of ether oxygens (including phenoxy) is 1. The minimum atomic E-state index is -0.630. The second-order valence-corrected chi connectivity index (χ2v) is 5.39. The number of carbonyl (C=O) groups excluding carboxylic acids is 2. The molecule has 0 spiro atoms. The summed E-state index contributed by atoms with van der Waals surface area (Å²) in [5.41, 5.74) is 1.90. The van der Waals surface area contributed by atoms with E-state index in [1.54, 1.807) is 6.07 Å². The molecule has 0 saturated heterocycles. The number of para-hydroxylation sites is 1. The Hall–Kier alpha value is -3.15. The van der Waals surface area contributed by atoms with Crippen LogP contribution in [-0.4, -0.2) is 28.7 Å². The third-order valence-corrected chi connectivity index (χ3v) is 3.68. The lowest BCUT2D eigenvalue weighted by Crippen LogP contribution is -2.31. The molecule has 0 bridgehead atoms. The number of aromatic nitrogens is 2. The summed E-state index contributed by atoms with van der Waals surface area (Å²) in [5.74, 6) is -0.991. The maximum Gasteiger partial charge on any atom is 0.359 e. The number of amides is 1. The number of carbonyl (C=O) groups is 2. The van der Waals surface area contributed by atoms with E-state index in [9.17, 15) is 9.59 Å². The zero-order valence-electron chi connectivity index (χ0n) is 13.2. The van der Waals surface area contributed by atoms with Gasteiger partial charge < -0.3 is 10.1 Å². The van der Waals surface area contributed by atoms with Gasteiger partial charge >= 0.3 is 5.97 Å². The molecule has 0 radical (unpaired) electrons. The molecule has 3 rings (SSSR count). The lowest BCUT2D eigenvalue weighted by atomic mass is 10.1. The number of fused-ring (bicyclic) bond motifs is 1. The lowest BCUT2D eigenvalue weighted by Gasteiger charge is -2.14. The summed E-state index contributed by atoms with van der Waals surface area (Å²) >= 11 is 0. The van der Waals surface area contributed by atoms with Crippen molar-refractivity contribution in [2.24, 2.45) is 0 Å². The first-order chi connectivity index (χ1) is 11.6. The normalized spacial score (nSPS) is 11.9. The average molecular weight is 323 g/mol. The van der Waals surface area contributed by atoms with Crippen molar-refractivity contribution in [2.75, 3.05) is 6.61 Å². The van der Waals surface area contributed by atoms with E-state index >= 15 is 0 Å². The first-order valence-corrected chi connectivity index (χ1v) is 7.59. The number of H-pyrrole nitrogens is 1. The average Bonchev–Trinajstić information content (AvgIpc) is 3.04. The van der Waals surface area contributed by atoms with E-state index in [4.69, 9.17) is 4.74 Å². The maximum absolute atomic E-state index is 12.1. The molecule has 0 saturated carbocycles. The molecular formula is C18H17N3O3. The Balaban J connectivity index is 1.57. The molecule has 2 aromatic carbocycles. The van der Waals surface area contributed by atoms with Crippen LogP contribution in [0.2, 0.25) is 0 Å². The summed E-state index contributed by atoms with van der Waals surface area (Å²) < 4.78 is 5.06. The summed E-state index contributed by atoms with van der Waals surface area (Å²) in [5, 5.41) is 10.2. The van der Waals surface area contributed by atoms with Crippen LogP contribution in [0.5, 0.6) is 0 Å². The van der Waals surface area contributed by atoms with Crippen molar-refractivity contribution < 1.29 is 14.3 Å². The predicted molar refractivity (Wildman–Crippen MR) is 89.4 cm³/mol. The van der Waals surface area contributed by atoms with Crippen LogP contribution in [0, 0.1) is 0 Å². The molecule has 24 heavy (non-hydrogen) atoms. The van der Waals surface area contributed by atoms with Crippen LogP contribution in [-0.2, 0) is 9.53 Å². The number of nitrogens with one attached hydrogen (secondary N) is 2. The van der Waals surface area contributed by atoms with Crippen molar-refractivity contribution in [2.45, 2.75) is 13.0 Å². The zero-order valence-corrected chi connectivity index (χ0v) is 13.2. The molecule has 1 aromatic heterocycles. The van der Waals surface area contributed by atoms with Crippen LogP contribution in [0.25, 0.3) is 10.9 Å². The van der Waals surface area contributed by atoms with E-state index in [-0.39, 0.29) is 24.2 Å². The number of rotatable bonds is 5. The van der Waals surface area contributed by atoms with Gasteiger partial charge in [-0.2, -0.15) is 5.10 Å². The number of aromatic amines is 1. The number of nitrogens with zero attached hydrogens (tertiary/aromatic N) is 1. The highest BCUT2D eigenvalue weighted by atomic mass is 16.5. The summed E-state index contributed by atoms with van der Waals surface area (Å²) in [6, 6.07) is 16.6. The van der Waals surface area contributed by atoms with Gasteiger partial charge in [0.1, 0.15) is 0 Å². The maximum atomic E-state index is 12.1. The minimum absolute atomic E-state index is 0.163. The van der Waals surface area contributed by atoms with Crippen LogP contribution < -0.4 is 5.32 Å². The molecule has 3 aromatic rings. The van der Waals surface area contributed by atoms with E-state index in [0.717, 1.165) is 11.1 Å². The standard InChI is InChI=1S/C18H17N3O3/c1-12(13-7-3-2-4-8-13)19-16(22)11-24-18(23)17-14-9-5-6-10-15(14)20-21-17/h2-10,12H,11H2,1H3,(H,19,22)(H,20,21)/t12-/m0/s1. The molecule has 0 aliphatic rings. The molecule has 1 heterocycles. The van der Waals surface area contributed by atoms with Gasteiger partial charge in [0, 0.05) is 5.39 Å². The number of hydrogen-bond donors (Lipinski definition) is 2. The van der Waals surface area contributed by atoms with E-state index < -0.39 is 5.97 Å². The molecule has 122 valence electrons. The predicted octanol–water partition coefficient (Wildman–Crippen LogP) is 2.60. The molecule has 0 fully saturated rings. The first kappa shape index (κ1) is 15.7. The van der Waals surface area contributed by atoms with Gasteiger partial charge in [0.15, 0.2) is 12.3 Å². The van der Waals surface area contributed by atoms with E-state index in [2.05, 4.69) is 15.5 Å². The molecule has 6 nitrogen and oxygen atoms in total. The molecule has 6 heteroatoms. The lowest BCUT2D eigenvalue weighted by molar-refractivity contribution is -0.124. The highest BCUT2D eigenvalue weighted by Gasteiger charge is 2.17. The third-order valence-electron chi connectivity index (χ3n) is 3.68. The SMILES string of the molecule is C[C@H](NC(=O)COC(=O)c1n[nH]c2ccccc12)c1ccccc1. The third kappa shape index (κ3) is 3.43. The first-order valence-electron chi connectivity index (χ1n) is 7.59. The topological polar surface area (TPSA) is 84.1 Å². The Morgan fingerprint density at radius 1 is 1.12 bits per heavy atom. The van der Waals surface area contributed by atoms with Crippen molar-refractivity contribution in [3.8, 4) is 0 Å². The van der Waals surface area contributed by atoms with E-state index in [0.29, 0.717) is 5.39 Å². The Morgan fingerprint density at radius 2 is 1.83 bits per heavy atom. The van der Waals surface area contributed by atoms with Crippen molar-refractivity contribution in [1.82, 2.24) is 15.5 Å². The Morgan fingerprint density at radius 3 is 2.62 bits per heavy atom. The van der Waals surface area contributed by atoms with Gasteiger partial charge in [0.05, 0.1) is 11.6 Å². The second kappa shape index (κ2) is 6.95. The quantitative estimate of drug-likeness (QED) is 0.707. The fourth-order valence-corrected chi connectivity index (χ4v) is 2.43. The molecule has 2 N–H and O–H groups in total. The number of esters is 1. The van der Waals surface area contributed by atoms with Crippen LogP contribution in [0.15, 0.2) is 54.6 Å². The van der Waals surface area contributed by atoms with Gasteiger partial charge in [-0.05, 0) is 18.6 Å². The smallest absolute Gasteiger partial charge is 0.359 e. The van der Waals surface area contributed by atoms with Crippen LogP contribution in [0.4, 0.5) is 0 Å². The zero-order chi connectivity index (χ0) is 16.9. The fourth-order valence-electron chi connectivity index (χ4n) is 2.43. The van der Waals surface area contributed by atoms with Gasteiger partial charge in [0.25, 0.3) is 5.91 Å². The number of benzene rings is 2. The van der Waals surface area contributed by atoms with Gasteiger partial charge in [-0.1, -0.05) is 48.5 Å². The minimum Gasteiger partial charge on any atom is -0.451 e. The molecule has 1 amide bonds. The highest BCUT2D eigenvalue weighted by molar-refractivity contribution is 6.02.